The van der Waals surface area contributed by atoms with Crippen molar-refractivity contribution in [3.05, 3.63) is 16.1 Å². The van der Waals surface area contributed by atoms with Crippen molar-refractivity contribution >= 4 is 11.3 Å². The number of rotatable bonds is 5. The number of likely N-dealkylation sites (N-methyl/N-ethyl adjacent to an activating group) is 1. The molecular weight excluding hydrogens is 218 g/mol. The number of aryl methyl sites for hydroxylation is 1. The summed E-state index contributed by atoms with van der Waals surface area (Å²) in [5.74, 6) is 0. The maximum absolute atomic E-state index is 4.50. The lowest BCUT2D eigenvalue weighted by Gasteiger charge is -2.15. The van der Waals surface area contributed by atoms with Crippen LogP contribution >= 0.6 is 11.3 Å². The minimum atomic E-state index is 0.711. The van der Waals surface area contributed by atoms with E-state index in [9.17, 15) is 0 Å². The predicted octanol–water partition coefficient (Wildman–Crippen LogP) is 1.68. The Labute approximate surface area is 102 Å². The molecule has 0 aromatic carbocycles. The molecule has 1 saturated heterocycles. The van der Waals surface area contributed by atoms with E-state index in [-0.39, 0.29) is 0 Å². The van der Waals surface area contributed by atoms with E-state index in [4.69, 9.17) is 0 Å². The van der Waals surface area contributed by atoms with Crippen molar-refractivity contribution in [1.29, 1.82) is 0 Å². The molecule has 0 amide bonds. The summed E-state index contributed by atoms with van der Waals surface area (Å²) >= 11 is 1.79. The van der Waals surface area contributed by atoms with E-state index >= 15 is 0 Å². The van der Waals surface area contributed by atoms with Crippen LogP contribution in [0.1, 0.15) is 24.0 Å². The van der Waals surface area contributed by atoms with Gasteiger partial charge in [0.15, 0.2) is 0 Å². The van der Waals surface area contributed by atoms with Crippen LogP contribution in [0.15, 0.2) is 5.38 Å². The molecule has 0 bridgehead atoms. The zero-order valence-electron chi connectivity index (χ0n) is 10.2. The first-order valence-electron chi connectivity index (χ1n) is 6.14. The standard InChI is InChI=1S/C12H21N3S/c1-3-13-11-4-6-15(8-11)7-5-12-14-10(2)9-16-12/h9,11,13H,3-8H2,1-2H3. The van der Waals surface area contributed by atoms with Crippen molar-refractivity contribution in [2.45, 2.75) is 32.7 Å². The highest BCUT2D eigenvalue weighted by Gasteiger charge is 2.20. The molecule has 0 aliphatic carbocycles. The van der Waals surface area contributed by atoms with Crippen LogP contribution in [0.5, 0.6) is 0 Å². The van der Waals surface area contributed by atoms with E-state index in [0.717, 1.165) is 25.2 Å². The molecule has 16 heavy (non-hydrogen) atoms. The van der Waals surface area contributed by atoms with Crippen molar-refractivity contribution < 1.29 is 0 Å². The Kier molecular flexibility index (Phi) is 4.32. The van der Waals surface area contributed by atoms with Gasteiger partial charge in [0.05, 0.1) is 5.01 Å². The molecule has 0 radical (unpaired) electrons. The van der Waals surface area contributed by atoms with Crippen LogP contribution < -0.4 is 5.32 Å². The second-order valence-corrected chi connectivity index (χ2v) is 5.42. The van der Waals surface area contributed by atoms with Crippen molar-refractivity contribution in [2.75, 3.05) is 26.2 Å². The van der Waals surface area contributed by atoms with E-state index in [1.807, 2.05) is 0 Å². The molecule has 1 aliphatic rings. The SMILES string of the molecule is CCNC1CCN(CCc2nc(C)cs2)C1. The zero-order chi connectivity index (χ0) is 11.4. The van der Waals surface area contributed by atoms with Crippen molar-refractivity contribution in [1.82, 2.24) is 15.2 Å². The van der Waals surface area contributed by atoms with Gasteiger partial charge in [-0.25, -0.2) is 4.98 Å². The van der Waals surface area contributed by atoms with Crippen molar-refractivity contribution in [2.24, 2.45) is 0 Å². The van der Waals surface area contributed by atoms with Gasteiger partial charge in [0.25, 0.3) is 0 Å². The minimum absolute atomic E-state index is 0.711. The van der Waals surface area contributed by atoms with E-state index < -0.39 is 0 Å². The van der Waals surface area contributed by atoms with Gasteiger partial charge in [-0.3, -0.25) is 0 Å². The Bertz CT molecular complexity index is 324. The topological polar surface area (TPSA) is 28.2 Å². The normalized spacial score (nSPS) is 21.8. The summed E-state index contributed by atoms with van der Waals surface area (Å²) in [5, 5.41) is 6.94. The number of hydrogen-bond acceptors (Lipinski definition) is 4. The summed E-state index contributed by atoms with van der Waals surface area (Å²) in [6, 6.07) is 0.711. The molecule has 2 rings (SSSR count). The summed E-state index contributed by atoms with van der Waals surface area (Å²) in [6.45, 7) is 8.94. The summed E-state index contributed by atoms with van der Waals surface area (Å²) in [7, 11) is 0. The smallest absolute Gasteiger partial charge is 0.0940 e. The molecule has 1 unspecified atom stereocenters. The lowest BCUT2D eigenvalue weighted by Crippen LogP contribution is -2.32. The van der Waals surface area contributed by atoms with Gasteiger partial charge in [0, 0.05) is 36.6 Å². The lowest BCUT2D eigenvalue weighted by atomic mass is 10.3. The molecule has 1 aliphatic heterocycles. The largest absolute Gasteiger partial charge is 0.313 e. The van der Waals surface area contributed by atoms with Crippen LogP contribution in [0.4, 0.5) is 0 Å². The number of hydrogen-bond donors (Lipinski definition) is 1. The van der Waals surface area contributed by atoms with Gasteiger partial charge < -0.3 is 10.2 Å². The summed E-state index contributed by atoms with van der Waals surface area (Å²) in [4.78, 5) is 7.05. The molecule has 0 spiro atoms. The molecule has 1 aromatic heterocycles. The average molecular weight is 239 g/mol. The Morgan fingerprint density at radius 2 is 2.50 bits per heavy atom. The van der Waals surface area contributed by atoms with Gasteiger partial charge in [-0.1, -0.05) is 6.92 Å². The molecule has 2 heterocycles. The van der Waals surface area contributed by atoms with E-state index in [1.54, 1.807) is 11.3 Å². The molecule has 0 saturated carbocycles. The Balaban J connectivity index is 1.71. The molecule has 90 valence electrons. The fourth-order valence-corrected chi connectivity index (χ4v) is 3.03. The number of nitrogens with zero attached hydrogens (tertiary/aromatic N) is 2. The highest BCUT2D eigenvalue weighted by Crippen LogP contribution is 2.13. The molecule has 1 aromatic rings. The third-order valence-corrected chi connectivity index (χ3v) is 4.10. The summed E-state index contributed by atoms with van der Waals surface area (Å²) in [5.41, 5.74) is 1.16. The number of nitrogens with one attached hydrogen (secondary N) is 1. The third kappa shape index (κ3) is 3.27. The van der Waals surface area contributed by atoms with Crippen LogP contribution in [-0.4, -0.2) is 42.1 Å². The summed E-state index contributed by atoms with van der Waals surface area (Å²) < 4.78 is 0. The zero-order valence-corrected chi connectivity index (χ0v) is 11.0. The average Bonchev–Trinajstić information content (AvgIpc) is 2.85. The monoisotopic (exact) mass is 239 g/mol. The molecule has 4 heteroatoms. The quantitative estimate of drug-likeness (QED) is 0.847. The number of likely N-dealkylation sites (tertiary alicyclic amines) is 1. The van der Waals surface area contributed by atoms with E-state index in [0.29, 0.717) is 6.04 Å². The fourth-order valence-electron chi connectivity index (χ4n) is 2.26. The first kappa shape index (κ1) is 12.0. The first-order chi connectivity index (χ1) is 7.78. The predicted molar refractivity (Wildman–Crippen MR) is 69.1 cm³/mol. The van der Waals surface area contributed by atoms with Gasteiger partial charge in [-0.2, -0.15) is 0 Å². The number of aromatic nitrogens is 1. The third-order valence-electron chi connectivity index (χ3n) is 3.07. The molecule has 1 atom stereocenters. The minimum Gasteiger partial charge on any atom is -0.313 e. The van der Waals surface area contributed by atoms with Gasteiger partial charge in [-0.15, -0.1) is 11.3 Å². The Morgan fingerprint density at radius 3 is 3.19 bits per heavy atom. The van der Waals surface area contributed by atoms with Crippen LogP contribution in [-0.2, 0) is 6.42 Å². The molecular formula is C12H21N3S. The van der Waals surface area contributed by atoms with Crippen LogP contribution in [0, 0.1) is 6.92 Å². The molecule has 3 nitrogen and oxygen atoms in total. The summed E-state index contributed by atoms with van der Waals surface area (Å²) in [6.07, 6.45) is 2.40. The second kappa shape index (κ2) is 5.75. The van der Waals surface area contributed by atoms with Crippen molar-refractivity contribution in [3.63, 3.8) is 0 Å². The number of thiazole rings is 1. The van der Waals surface area contributed by atoms with Crippen LogP contribution in [0.2, 0.25) is 0 Å². The fraction of sp³-hybridized carbons (Fsp3) is 0.750. The van der Waals surface area contributed by atoms with Crippen molar-refractivity contribution in [3.8, 4) is 0 Å². The van der Waals surface area contributed by atoms with Crippen LogP contribution in [0.3, 0.4) is 0 Å². The van der Waals surface area contributed by atoms with Gasteiger partial charge in [0.1, 0.15) is 0 Å². The highest BCUT2D eigenvalue weighted by molar-refractivity contribution is 7.09. The first-order valence-corrected chi connectivity index (χ1v) is 7.02. The maximum atomic E-state index is 4.50. The molecule has 1 fully saturated rings. The molecule has 1 N–H and O–H groups in total. The highest BCUT2D eigenvalue weighted by atomic mass is 32.1. The van der Waals surface area contributed by atoms with Crippen LogP contribution in [0.25, 0.3) is 0 Å². The van der Waals surface area contributed by atoms with Gasteiger partial charge in [0.2, 0.25) is 0 Å². The Morgan fingerprint density at radius 1 is 1.62 bits per heavy atom. The maximum Gasteiger partial charge on any atom is 0.0940 e. The Hall–Kier alpha value is -0.450. The van der Waals surface area contributed by atoms with Gasteiger partial charge >= 0.3 is 0 Å². The van der Waals surface area contributed by atoms with E-state index in [2.05, 4.69) is 34.4 Å². The van der Waals surface area contributed by atoms with Gasteiger partial charge in [-0.05, 0) is 26.4 Å². The second-order valence-electron chi connectivity index (χ2n) is 4.48. The lowest BCUT2D eigenvalue weighted by molar-refractivity contribution is 0.332. The van der Waals surface area contributed by atoms with E-state index in [1.165, 1.54) is 24.5 Å².